The molecule has 2 heterocycles. The van der Waals surface area contributed by atoms with Crippen LogP contribution < -0.4 is 0 Å². The Morgan fingerprint density at radius 3 is 1.79 bits per heavy atom. The van der Waals surface area contributed by atoms with E-state index in [4.69, 9.17) is 29.5 Å². The fourth-order valence-electron chi connectivity index (χ4n) is 2.40. The maximum absolute atomic E-state index is 8.77. The Labute approximate surface area is 112 Å². The molecule has 2 aliphatic heterocycles. The molecule has 2 saturated heterocycles. The highest BCUT2D eigenvalue weighted by molar-refractivity contribution is 4.82. The molecule has 2 atom stereocenters. The highest BCUT2D eigenvalue weighted by Gasteiger charge is 2.40. The van der Waals surface area contributed by atoms with E-state index >= 15 is 0 Å². The van der Waals surface area contributed by atoms with Gasteiger partial charge in [-0.3, -0.25) is 0 Å². The van der Waals surface area contributed by atoms with E-state index in [2.05, 4.69) is 12.1 Å². The molecule has 0 aromatic rings. The highest BCUT2D eigenvalue weighted by atomic mass is 16.8. The van der Waals surface area contributed by atoms with Crippen molar-refractivity contribution < 1.29 is 18.9 Å². The minimum absolute atomic E-state index is 0.175. The Kier molecular flexibility index (Phi) is 5.12. The maximum Gasteiger partial charge on any atom is 0.174 e. The molecule has 0 N–H and O–H groups in total. The molecule has 0 radical (unpaired) electrons. The molecule has 0 amide bonds. The Morgan fingerprint density at radius 1 is 0.895 bits per heavy atom. The quantitative estimate of drug-likeness (QED) is 0.757. The summed E-state index contributed by atoms with van der Waals surface area (Å²) in [7, 11) is 0. The van der Waals surface area contributed by atoms with Crippen molar-refractivity contribution in [3.63, 3.8) is 0 Å². The number of rotatable bonds is 2. The molecule has 0 aliphatic carbocycles. The SMILES string of the molecule is N#CCC1OCCCC2(CCCOC(CC#N)O2)O1. The predicted molar refractivity (Wildman–Crippen MR) is 63.3 cm³/mol. The van der Waals surface area contributed by atoms with Crippen LogP contribution in [0.15, 0.2) is 0 Å². The van der Waals surface area contributed by atoms with Crippen LogP contribution in [0.2, 0.25) is 0 Å². The first-order valence-corrected chi connectivity index (χ1v) is 6.61. The lowest BCUT2D eigenvalue weighted by Crippen LogP contribution is -2.41. The minimum Gasteiger partial charge on any atom is -0.351 e. The molecule has 0 bridgehead atoms. The van der Waals surface area contributed by atoms with Crippen LogP contribution in [0, 0.1) is 22.7 Å². The lowest BCUT2D eigenvalue weighted by Gasteiger charge is -2.34. The van der Waals surface area contributed by atoms with Crippen LogP contribution in [0.1, 0.15) is 38.5 Å². The summed E-state index contributed by atoms with van der Waals surface area (Å²) in [4.78, 5) is 0. The third kappa shape index (κ3) is 3.89. The summed E-state index contributed by atoms with van der Waals surface area (Å²) in [5, 5.41) is 17.5. The van der Waals surface area contributed by atoms with Gasteiger partial charge in [0, 0.05) is 26.1 Å². The normalized spacial score (nSPS) is 35.9. The Morgan fingerprint density at radius 2 is 1.37 bits per heavy atom. The summed E-state index contributed by atoms with van der Waals surface area (Å²) in [6.45, 7) is 1.11. The van der Waals surface area contributed by atoms with Crippen molar-refractivity contribution in [1.29, 1.82) is 10.5 Å². The molecular formula is C13H18N2O4. The number of hydrogen-bond donors (Lipinski definition) is 0. The summed E-state index contributed by atoms with van der Waals surface area (Å²) in [6.07, 6.45) is 2.23. The molecule has 0 saturated carbocycles. The standard InChI is InChI=1S/C13H18N2O4/c14-7-3-11-16-9-1-5-13(18-11)6-2-10-17-12(19-13)4-8-15/h11-12H,1-6,9-10H2. The number of ether oxygens (including phenoxy) is 4. The van der Waals surface area contributed by atoms with Gasteiger partial charge in [-0.15, -0.1) is 0 Å². The first kappa shape index (κ1) is 14.2. The van der Waals surface area contributed by atoms with Gasteiger partial charge in [-0.25, -0.2) is 0 Å². The second-order valence-corrected chi connectivity index (χ2v) is 4.68. The zero-order valence-corrected chi connectivity index (χ0v) is 10.8. The summed E-state index contributed by atoms with van der Waals surface area (Å²) in [5.41, 5.74) is 0. The summed E-state index contributed by atoms with van der Waals surface area (Å²) >= 11 is 0. The van der Waals surface area contributed by atoms with Crippen LogP contribution in [-0.2, 0) is 18.9 Å². The van der Waals surface area contributed by atoms with Crippen LogP contribution in [0.3, 0.4) is 0 Å². The molecule has 0 aromatic carbocycles. The van der Waals surface area contributed by atoms with Gasteiger partial charge in [-0.1, -0.05) is 0 Å². The Balaban J connectivity index is 2.08. The smallest absolute Gasteiger partial charge is 0.174 e. The average molecular weight is 266 g/mol. The van der Waals surface area contributed by atoms with Gasteiger partial charge in [0.25, 0.3) is 0 Å². The van der Waals surface area contributed by atoms with Crippen LogP contribution in [-0.4, -0.2) is 31.6 Å². The number of nitriles is 2. The van der Waals surface area contributed by atoms with E-state index in [1.807, 2.05) is 0 Å². The van der Waals surface area contributed by atoms with E-state index in [0.29, 0.717) is 26.1 Å². The van der Waals surface area contributed by atoms with Crippen LogP contribution in [0.4, 0.5) is 0 Å². The fourth-order valence-corrected chi connectivity index (χ4v) is 2.40. The van der Waals surface area contributed by atoms with Crippen molar-refractivity contribution in [2.75, 3.05) is 13.2 Å². The van der Waals surface area contributed by atoms with Crippen molar-refractivity contribution in [2.24, 2.45) is 0 Å². The van der Waals surface area contributed by atoms with Gasteiger partial charge in [0.15, 0.2) is 18.4 Å². The molecule has 0 aromatic heterocycles. The minimum atomic E-state index is -0.782. The van der Waals surface area contributed by atoms with E-state index in [1.165, 1.54) is 0 Å². The van der Waals surface area contributed by atoms with E-state index in [9.17, 15) is 0 Å². The third-order valence-corrected chi connectivity index (χ3v) is 3.22. The molecule has 104 valence electrons. The molecule has 6 heteroatoms. The second-order valence-electron chi connectivity index (χ2n) is 4.68. The molecule has 2 aliphatic rings. The number of hydrogen-bond acceptors (Lipinski definition) is 6. The lowest BCUT2D eigenvalue weighted by molar-refractivity contribution is -0.334. The van der Waals surface area contributed by atoms with Crippen molar-refractivity contribution in [3.8, 4) is 12.1 Å². The average Bonchev–Trinajstić information content (AvgIpc) is 2.70. The van der Waals surface area contributed by atoms with E-state index in [1.54, 1.807) is 0 Å². The highest BCUT2D eigenvalue weighted by Crippen LogP contribution is 2.35. The lowest BCUT2D eigenvalue weighted by atomic mass is 10.0. The summed E-state index contributed by atoms with van der Waals surface area (Å²) in [6, 6.07) is 4.10. The molecule has 19 heavy (non-hydrogen) atoms. The van der Waals surface area contributed by atoms with E-state index in [-0.39, 0.29) is 12.8 Å². The van der Waals surface area contributed by atoms with Crippen LogP contribution in [0.5, 0.6) is 0 Å². The van der Waals surface area contributed by atoms with E-state index < -0.39 is 18.4 Å². The van der Waals surface area contributed by atoms with Gasteiger partial charge in [0.1, 0.15) is 0 Å². The van der Waals surface area contributed by atoms with Gasteiger partial charge < -0.3 is 18.9 Å². The monoisotopic (exact) mass is 266 g/mol. The van der Waals surface area contributed by atoms with Gasteiger partial charge in [0.2, 0.25) is 0 Å². The van der Waals surface area contributed by atoms with Crippen LogP contribution >= 0.6 is 0 Å². The van der Waals surface area contributed by atoms with Gasteiger partial charge >= 0.3 is 0 Å². The first-order chi connectivity index (χ1) is 9.28. The predicted octanol–water partition coefficient (Wildman–Crippen LogP) is 1.82. The Hall–Kier alpha value is -1.18. The number of nitrogens with zero attached hydrogens (tertiary/aromatic N) is 2. The fraction of sp³-hybridized carbons (Fsp3) is 0.846. The van der Waals surface area contributed by atoms with Gasteiger partial charge in [0.05, 0.1) is 25.0 Å². The second kappa shape index (κ2) is 6.83. The zero-order valence-electron chi connectivity index (χ0n) is 10.8. The first-order valence-electron chi connectivity index (χ1n) is 6.61. The van der Waals surface area contributed by atoms with Crippen molar-refractivity contribution in [1.82, 2.24) is 0 Å². The third-order valence-electron chi connectivity index (χ3n) is 3.22. The Bertz CT molecular complexity index is 338. The van der Waals surface area contributed by atoms with Crippen LogP contribution in [0.25, 0.3) is 0 Å². The summed E-state index contributed by atoms with van der Waals surface area (Å²) in [5.74, 6) is -0.782. The maximum atomic E-state index is 8.77. The summed E-state index contributed by atoms with van der Waals surface area (Å²) < 4.78 is 22.7. The molecular weight excluding hydrogens is 248 g/mol. The van der Waals surface area contributed by atoms with Crippen molar-refractivity contribution in [3.05, 3.63) is 0 Å². The van der Waals surface area contributed by atoms with Crippen molar-refractivity contribution in [2.45, 2.75) is 56.9 Å². The van der Waals surface area contributed by atoms with Crippen molar-refractivity contribution >= 4 is 0 Å². The zero-order chi connectivity index (χ0) is 13.6. The molecule has 1 spiro atoms. The van der Waals surface area contributed by atoms with E-state index in [0.717, 1.165) is 12.8 Å². The largest absolute Gasteiger partial charge is 0.351 e. The molecule has 2 rings (SSSR count). The molecule has 2 fully saturated rings. The molecule has 6 nitrogen and oxygen atoms in total. The molecule has 2 unspecified atom stereocenters. The van der Waals surface area contributed by atoms with Gasteiger partial charge in [-0.2, -0.15) is 10.5 Å². The van der Waals surface area contributed by atoms with Gasteiger partial charge in [-0.05, 0) is 12.8 Å². The topological polar surface area (TPSA) is 84.5 Å².